The third kappa shape index (κ3) is 6.05. The van der Waals surface area contributed by atoms with E-state index in [1.54, 1.807) is 48.5 Å². The molecular weight excluding hydrogens is 486 g/mol. The van der Waals surface area contributed by atoms with Crippen molar-refractivity contribution >= 4 is 27.8 Å². The highest BCUT2D eigenvalue weighted by molar-refractivity contribution is 7.92. The summed E-state index contributed by atoms with van der Waals surface area (Å²) >= 11 is 0. The number of sulfonamides is 1. The van der Waals surface area contributed by atoms with E-state index in [1.165, 1.54) is 52.9 Å². The summed E-state index contributed by atoms with van der Waals surface area (Å²) in [5, 5.41) is 3.95. The van der Waals surface area contributed by atoms with Gasteiger partial charge in [-0.15, -0.1) is 0 Å². The Morgan fingerprint density at radius 3 is 2.03 bits per heavy atom. The van der Waals surface area contributed by atoms with E-state index >= 15 is 0 Å². The zero-order valence-corrected chi connectivity index (χ0v) is 21.1. The number of carbonyl (C=O) groups is 1. The Labute approximate surface area is 210 Å². The molecule has 3 aromatic carbocycles. The van der Waals surface area contributed by atoms with Crippen molar-refractivity contribution in [1.82, 2.24) is 5.43 Å². The lowest BCUT2D eigenvalue weighted by Gasteiger charge is -2.24. The van der Waals surface area contributed by atoms with E-state index in [4.69, 9.17) is 18.9 Å². The van der Waals surface area contributed by atoms with E-state index in [-0.39, 0.29) is 10.6 Å². The number of amides is 1. The van der Waals surface area contributed by atoms with Crippen LogP contribution in [-0.2, 0) is 14.8 Å². The first-order valence-corrected chi connectivity index (χ1v) is 12.1. The first-order chi connectivity index (χ1) is 17.3. The number of nitrogens with one attached hydrogen (secondary N) is 1. The summed E-state index contributed by atoms with van der Waals surface area (Å²) in [5.41, 5.74) is 3.33. The molecular formula is C25H27N3O7S. The first kappa shape index (κ1) is 26.4. The van der Waals surface area contributed by atoms with E-state index in [9.17, 15) is 13.2 Å². The van der Waals surface area contributed by atoms with E-state index in [0.29, 0.717) is 28.5 Å². The van der Waals surface area contributed by atoms with Gasteiger partial charge in [0, 0.05) is 6.07 Å². The highest BCUT2D eigenvalue weighted by atomic mass is 32.2. The maximum atomic E-state index is 13.5. The van der Waals surface area contributed by atoms with Gasteiger partial charge in [0.15, 0.2) is 23.0 Å². The van der Waals surface area contributed by atoms with Crippen LogP contribution in [-0.4, -0.2) is 55.5 Å². The molecule has 11 heteroatoms. The molecule has 0 bridgehead atoms. The zero-order valence-electron chi connectivity index (χ0n) is 20.3. The molecule has 0 unspecified atom stereocenters. The molecule has 10 nitrogen and oxygen atoms in total. The summed E-state index contributed by atoms with van der Waals surface area (Å²) < 4.78 is 49.0. The summed E-state index contributed by atoms with van der Waals surface area (Å²) in [7, 11) is 1.76. The van der Waals surface area contributed by atoms with Gasteiger partial charge >= 0.3 is 0 Å². The van der Waals surface area contributed by atoms with E-state index in [0.717, 1.165) is 4.31 Å². The fourth-order valence-electron chi connectivity index (χ4n) is 3.29. The van der Waals surface area contributed by atoms with Gasteiger partial charge in [0.1, 0.15) is 6.54 Å². The predicted molar refractivity (Wildman–Crippen MR) is 136 cm³/mol. The van der Waals surface area contributed by atoms with Crippen LogP contribution in [0.25, 0.3) is 0 Å². The molecule has 3 aromatic rings. The number of hydrogen-bond donors (Lipinski definition) is 1. The Morgan fingerprint density at radius 1 is 0.833 bits per heavy atom. The molecule has 3 rings (SSSR count). The topological polar surface area (TPSA) is 116 Å². The van der Waals surface area contributed by atoms with Crippen LogP contribution in [0.2, 0.25) is 0 Å². The molecule has 0 heterocycles. The summed E-state index contributed by atoms with van der Waals surface area (Å²) in [4.78, 5) is 12.7. The number of nitrogens with zero attached hydrogens (tertiary/aromatic N) is 2. The third-order valence-corrected chi connectivity index (χ3v) is 6.85. The zero-order chi connectivity index (χ0) is 26.1. The lowest BCUT2D eigenvalue weighted by Crippen LogP contribution is -2.39. The van der Waals surface area contributed by atoms with Gasteiger partial charge in [-0.3, -0.25) is 9.10 Å². The maximum Gasteiger partial charge on any atom is 0.264 e. The molecule has 36 heavy (non-hydrogen) atoms. The van der Waals surface area contributed by atoms with E-state index < -0.39 is 22.5 Å². The van der Waals surface area contributed by atoms with E-state index in [1.807, 2.05) is 0 Å². The number of benzene rings is 3. The van der Waals surface area contributed by atoms with Crippen LogP contribution >= 0.6 is 0 Å². The molecule has 0 spiro atoms. The van der Waals surface area contributed by atoms with Crippen molar-refractivity contribution in [2.24, 2.45) is 5.10 Å². The number of carbonyl (C=O) groups excluding carboxylic acids is 1. The van der Waals surface area contributed by atoms with Gasteiger partial charge in [-0.1, -0.05) is 18.2 Å². The van der Waals surface area contributed by atoms with E-state index in [2.05, 4.69) is 10.5 Å². The van der Waals surface area contributed by atoms with Gasteiger partial charge in [-0.2, -0.15) is 5.10 Å². The average Bonchev–Trinajstić information content (AvgIpc) is 2.91. The van der Waals surface area contributed by atoms with Crippen molar-refractivity contribution in [3.63, 3.8) is 0 Å². The number of hydrogen-bond acceptors (Lipinski definition) is 8. The summed E-state index contributed by atoms with van der Waals surface area (Å²) in [5.74, 6) is 1.04. The maximum absolute atomic E-state index is 13.5. The number of ether oxygens (including phenoxy) is 4. The largest absolute Gasteiger partial charge is 0.493 e. The minimum Gasteiger partial charge on any atom is -0.493 e. The fraction of sp³-hybridized carbons (Fsp3) is 0.200. The highest BCUT2D eigenvalue weighted by Crippen LogP contribution is 2.32. The smallest absolute Gasteiger partial charge is 0.264 e. The number of hydrazone groups is 1. The van der Waals surface area contributed by atoms with Crippen molar-refractivity contribution in [1.29, 1.82) is 0 Å². The van der Waals surface area contributed by atoms with Crippen LogP contribution < -0.4 is 28.7 Å². The van der Waals surface area contributed by atoms with Crippen molar-refractivity contribution in [2.45, 2.75) is 4.90 Å². The Balaban J connectivity index is 1.84. The standard InChI is InChI=1S/C25H27N3O7S/c1-32-21-12-10-18(14-23(21)34-3)16-26-27-25(29)17-28(19-8-6-5-7-9-19)36(30,31)20-11-13-22(33-2)24(15-20)35-4/h5-16H,17H2,1-4H3,(H,27,29)/b26-16-. The van der Waals surface area contributed by atoms with Gasteiger partial charge in [0.05, 0.1) is 45.2 Å². The van der Waals surface area contributed by atoms with Gasteiger partial charge in [-0.25, -0.2) is 13.8 Å². The first-order valence-electron chi connectivity index (χ1n) is 10.7. The van der Waals surface area contributed by atoms with Crippen molar-refractivity contribution in [2.75, 3.05) is 39.3 Å². The molecule has 1 amide bonds. The Hall–Kier alpha value is -4.25. The highest BCUT2D eigenvalue weighted by Gasteiger charge is 2.28. The SMILES string of the molecule is COc1ccc(/C=N\NC(=O)CN(c2ccccc2)S(=O)(=O)c2ccc(OC)c(OC)c2)cc1OC. The number of anilines is 1. The molecule has 0 saturated heterocycles. The van der Waals surface area contributed by atoms with Gasteiger partial charge < -0.3 is 18.9 Å². The monoisotopic (exact) mass is 513 g/mol. The van der Waals surface area contributed by atoms with Crippen LogP contribution in [0.15, 0.2) is 76.7 Å². The molecule has 0 atom stereocenters. The third-order valence-electron chi connectivity index (χ3n) is 5.08. The van der Waals surface area contributed by atoms with Gasteiger partial charge in [0.2, 0.25) is 0 Å². The van der Waals surface area contributed by atoms with Crippen LogP contribution in [0.3, 0.4) is 0 Å². The van der Waals surface area contributed by atoms with Crippen molar-refractivity contribution in [3.8, 4) is 23.0 Å². The summed E-state index contributed by atoms with van der Waals surface area (Å²) in [6.45, 7) is -0.510. The molecule has 0 aliphatic carbocycles. The van der Waals surface area contributed by atoms with Crippen molar-refractivity contribution < 1.29 is 32.2 Å². The molecule has 0 aliphatic heterocycles. The molecule has 1 N–H and O–H groups in total. The quantitative estimate of drug-likeness (QED) is 0.309. The molecule has 190 valence electrons. The minimum atomic E-state index is -4.15. The second-order valence-corrected chi connectivity index (χ2v) is 9.13. The Morgan fingerprint density at radius 2 is 1.42 bits per heavy atom. The Bertz CT molecular complexity index is 1330. The minimum absolute atomic E-state index is 0.0642. The molecule has 0 saturated carbocycles. The number of rotatable bonds is 11. The van der Waals surface area contributed by atoms with Crippen LogP contribution in [0, 0.1) is 0 Å². The molecule has 0 fully saturated rings. The second-order valence-electron chi connectivity index (χ2n) is 7.27. The number of para-hydroxylation sites is 1. The molecule has 0 aromatic heterocycles. The van der Waals surface area contributed by atoms with Crippen LogP contribution in [0.5, 0.6) is 23.0 Å². The summed E-state index contributed by atoms with van der Waals surface area (Å²) in [6.07, 6.45) is 1.41. The normalized spacial score (nSPS) is 11.1. The number of methoxy groups -OCH3 is 4. The van der Waals surface area contributed by atoms with Gasteiger partial charge in [0.25, 0.3) is 15.9 Å². The fourth-order valence-corrected chi connectivity index (χ4v) is 4.73. The molecule has 0 aliphatic rings. The lowest BCUT2D eigenvalue weighted by molar-refractivity contribution is -0.119. The average molecular weight is 514 g/mol. The summed E-state index contributed by atoms with van der Waals surface area (Å²) in [6, 6.07) is 17.6. The van der Waals surface area contributed by atoms with Crippen LogP contribution in [0.4, 0.5) is 5.69 Å². The van der Waals surface area contributed by atoms with Crippen molar-refractivity contribution in [3.05, 3.63) is 72.3 Å². The van der Waals surface area contributed by atoms with Crippen LogP contribution in [0.1, 0.15) is 5.56 Å². The molecule has 0 radical (unpaired) electrons. The lowest BCUT2D eigenvalue weighted by atomic mass is 10.2. The Kier molecular flexibility index (Phi) is 8.74. The van der Waals surface area contributed by atoms with Gasteiger partial charge in [-0.05, 0) is 48.0 Å². The predicted octanol–water partition coefficient (Wildman–Crippen LogP) is 3.07. The second kappa shape index (κ2) is 11.9.